The molecule has 0 spiro atoms. The number of hydrogen-bond donors (Lipinski definition) is 0. The number of halogens is 2. The molecule has 3 aromatic carbocycles. The Balaban J connectivity index is 1.37. The first-order valence-electron chi connectivity index (χ1n) is 11.9. The van der Waals surface area contributed by atoms with Crippen LogP contribution in [-0.4, -0.2) is 29.2 Å². The highest BCUT2D eigenvalue weighted by Gasteiger charge is 2.34. The molecule has 192 valence electrons. The predicted octanol–water partition coefficient (Wildman–Crippen LogP) is 8.23. The van der Waals surface area contributed by atoms with Crippen molar-refractivity contribution in [2.24, 2.45) is 0 Å². The molecule has 5 nitrogen and oxygen atoms in total. The minimum atomic E-state index is -0.314. The Morgan fingerprint density at radius 1 is 1.00 bits per heavy atom. The van der Waals surface area contributed by atoms with Crippen LogP contribution in [0.5, 0.6) is 11.5 Å². The molecule has 0 N–H and O–H groups in total. The maximum absolute atomic E-state index is 12.9. The van der Waals surface area contributed by atoms with E-state index in [1.807, 2.05) is 55.5 Å². The van der Waals surface area contributed by atoms with Gasteiger partial charge in [-0.3, -0.25) is 14.5 Å². The van der Waals surface area contributed by atoms with Crippen LogP contribution in [0.15, 0.2) is 70.0 Å². The minimum Gasteiger partial charge on any atom is -0.491 e. The lowest BCUT2D eigenvalue weighted by atomic mass is 10.0. The van der Waals surface area contributed by atoms with Crippen LogP contribution in [-0.2, 0) is 11.4 Å². The SMILES string of the molecule is Cc1ccc(C(C)C)c(OCCN2C(=O)S/C(=C\c3ccc(OCc4ccc(Cl)cc4)c(Br)c3)C2=O)c1. The number of ether oxygens (including phenoxy) is 2. The van der Waals surface area contributed by atoms with Crippen LogP contribution < -0.4 is 9.47 Å². The van der Waals surface area contributed by atoms with Gasteiger partial charge in [-0.05, 0) is 99.2 Å². The van der Waals surface area contributed by atoms with Crippen LogP contribution in [0.1, 0.15) is 42.0 Å². The van der Waals surface area contributed by atoms with Gasteiger partial charge in [-0.15, -0.1) is 0 Å². The van der Waals surface area contributed by atoms with Crippen molar-refractivity contribution in [3.05, 3.63) is 97.3 Å². The van der Waals surface area contributed by atoms with Gasteiger partial charge in [0.05, 0.1) is 15.9 Å². The number of nitrogens with zero attached hydrogens (tertiary/aromatic N) is 1. The van der Waals surface area contributed by atoms with E-state index in [1.54, 1.807) is 6.08 Å². The maximum Gasteiger partial charge on any atom is 0.293 e. The molecular weight excluding hydrogens is 574 g/mol. The van der Waals surface area contributed by atoms with Gasteiger partial charge in [0.15, 0.2) is 0 Å². The molecule has 0 saturated carbocycles. The van der Waals surface area contributed by atoms with Crippen LogP contribution in [0.3, 0.4) is 0 Å². The molecule has 0 unspecified atom stereocenters. The summed E-state index contributed by atoms with van der Waals surface area (Å²) in [6.45, 7) is 7.05. The predicted molar refractivity (Wildman–Crippen MR) is 153 cm³/mol. The number of aryl methyl sites for hydroxylation is 1. The Labute approximate surface area is 234 Å². The Bertz CT molecular complexity index is 1340. The second-order valence-electron chi connectivity index (χ2n) is 8.98. The Morgan fingerprint density at radius 2 is 1.76 bits per heavy atom. The van der Waals surface area contributed by atoms with Gasteiger partial charge in [-0.25, -0.2) is 0 Å². The number of amides is 2. The lowest BCUT2D eigenvalue weighted by Gasteiger charge is -2.17. The highest BCUT2D eigenvalue weighted by Crippen LogP contribution is 2.34. The first-order valence-corrected chi connectivity index (χ1v) is 13.9. The van der Waals surface area contributed by atoms with Gasteiger partial charge in [0, 0.05) is 5.02 Å². The smallest absolute Gasteiger partial charge is 0.293 e. The number of carbonyl (C=O) groups excluding carboxylic acids is 2. The maximum atomic E-state index is 12.9. The van der Waals surface area contributed by atoms with Gasteiger partial charge < -0.3 is 9.47 Å². The average molecular weight is 601 g/mol. The third kappa shape index (κ3) is 6.98. The lowest BCUT2D eigenvalue weighted by Crippen LogP contribution is -2.32. The quantitative estimate of drug-likeness (QED) is 0.232. The van der Waals surface area contributed by atoms with Gasteiger partial charge in [0.1, 0.15) is 24.7 Å². The van der Waals surface area contributed by atoms with Crippen molar-refractivity contribution >= 4 is 56.5 Å². The molecule has 1 saturated heterocycles. The van der Waals surface area contributed by atoms with E-state index in [9.17, 15) is 9.59 Å². The van der Waals surface area contributed by atoms with E-state index < -0.39 is 0 Å². The average Bonchev–Trinajstić information content (AvgIpc) is 3.11. The summed E-state index contributed by atoms with van der Waals surface area (Å²) in [6, 6.07) is 19.1. The largest absolute Gasteiger partial charge is 0.491 e. The number of thioether (sulfide) groups is 1. The van der Waals surface area contributed by atoms with Crippen molar-refractivity contribution in [3.8, 4) is 11.5 Å². The highest BCUT2D eigenvalue weighted by atomic mass is 79.9. The van der Waals surface area contributed by atoms with Gasteiger partial charge in [-0.1, -0.05) is 55.8 Å². The van der Waals surface area contributed by atoms with Gasteiger partial charge in [0.2, 0.25) is 0 Å². The second kappa shape index (κ2) is 12.2. The van der Waals surface area contributed by atoms with Gasteiger partial charge >= 0.3 is 0 Å². The zero-order chi connectivity index (χ0) is 26.5. The lowest BCUT2D eigenvalue weighted by molar-refractivity contribution is -0.123. The molecule has 2 amide bonds. The summed E-state index contributed by atoms with van der Waals surface area (Å²) in [7, 11) is 0. The molecule has 0 bridgehead atoms. The summed E-state index contributed by atoms with van der Waals surface area (Å²) in [5, 5.41) is 0.382. The van der Waals surface area contributed by atoms with Crippen LogP contribution >= 0.6 is 39.3 Å². The summed E-state index contributed by atoms with van der Waals surface area (Å²) in [4.78, 5) is 27.1. The summed E-state index contributed by atoms with van der Waals surface area (Å²) in [6.07, 6.45) is 1.72. The van der Waals surface area contributed by atoms with Crippen molar-refractivity contribution in [2.45, 2.75) is 33.3 Å². The Hall–Kier alpha value is -2.74. The number of rotatable bonds is 9. The molecule has 1 fully saturated rings. The number of carbonyl (C=O) groups is 2. The fourth-order valence-corrected chi connectivity index (χ4v) is 5.30. The fourth-order valence-electron chi connectivity index (χ4n) is 3.80. The van der Waals surface area contributed by atoms with Gasteiger partial charge in [-0.2, -0.15) is 0 Å². The third-order valence-corrected chi connectivity index (χ3v) is 7.58. The van der Waals surface area contributed by atoms with Crippen molar-refractivity contribution in [1.82, 2.24) is 4.90 Å². The molecular formula is C29H27BrClNO4S. The van der Waals surface area contributed by atoms with E-state index in [0.29, 0.717) is 28.2 Å². The normalized spacial score (nSPS) is 14.6. The van der Waals surface area contributed by atoms with Crippen LogP contribution in [0.25, 0.3) is 6.08 Å². The van der Waals surface area contributed by atoms with Crippen molar-refractivity contribution in [3.63, 3.8) is 0 Å². The highest BCUT2D eigenvalue weighted by molar-refractivity contribution is 9.10. The van der Waals surface area contributed by atoms with E-state index >= 15 is 0 Å². The summed E-state index contributed by atoms with van der Waals surface area (Å²) in [5.41, 5.74) is 3.99. The molecule has 0 aliphatic carbocycles. The molecule has 37 heavy (non-hydrogen) atoms. The Morgan fingerprint density at radius 3 is 2.46 bits per heavy atom. The second-order valence-corrected chi connectivity index (χ2v) is 11.3. The molecule has 4 rings (SSSR count). The number of benzene rings is 3. The standard InChI is InChI=1S/C29H27BrClNO4S/c1-18(2)23-10-4-19(3)14-26(23)35-13-12-32-28(33)27(37-29(32)34)16-21-7-11-25(24(30)15-21)36-17-20-5-8-22(31)9-6-20/h4-11,14-16,18H,12-13,17H2,1-3H3/b27-16-. The van der Waals surface area contributed by atoms with E-state index in [-0.39, 0.29) is 24.3 Å². The zero-order valence-electron chi connectivity index (χ0n) is 20.8. The number of imide groups is 1. The topological polar surface area (TPSA) is 55.8 Å². The monoisotopic (exact) mass is 599 g/mol. The van der Waals surface area contributed by atoms with Crippen LogP contribution in [0.4, 0.5) is 4.79 Å². The molecule has 0 radical (unpaired) electrons. The first-order chi connectivity index (χ1) is 17.7. The molecule has 1 heterocycles. The van der Waals surface area contributed by atoms with E-state index in [0.717, 1.165) is 44.2 Å². The zero-order valence-corrected chi connectivity index (χ0v) is 24.0. The third-order valence-electron chi connectivity index (χ3n) is 5.80. The van der Waals surface area contributed by atoms with E-state index in [1.165, 1.54) is 4.90 Å². The van der Waals surface area contributed by atoms with E-state index in [2.05, 4.69) is 41.9 Å². The molecule has 0 atom stereocenters. The van der Waals surface area contributed by atoms with Crippen molar-refractivity contribution in [2.75, 3.05) is 13.2 Å². The molecule has 1 aliphatic rings. The first kappa shape index (κ1) is 27.3. The Kier molecular flexibility index (Phi) is 9.00. The molecule has 1 aliphatic heterocycles. The van der Waals surface area contributed by atoms with Crippen LogP contribution in [0, 0.1) is 6.92 Å². The summed E-state index contributed by atoms with van der Waals surface area (Å²) >= 11 is 10.4. The van der Waals surface area contributed by atoms with Crippen LogP contribution in [0.2, 0.25) is 5.02 Å². The number of hydrogen-bond acceptors (Lipinski definition) is 5. The van der Waals surface area contributed by atoms with Gasteiger partial charge in [0.25, 0.3) is 11.1 Å². The molecule has 3 aromatic rings. The summed E-state index contributed by atoms with van der Waals surface area (Å²) < 4.78 is 12.6. The van der Waals surface area contributed by atoms with Crippen molar-refractivity contribution < 1.29 is 19.1 Å². The fraction of sp³-hybridized carbons (Fsp3) is 0.241. The minimum absolute atomic E-state index is 0.189. The van der Waals surface area contributed by atoms with Crippen molar-refractivity contribution in [1.29, 1.82) is 0 Å². The molecule has 0 aromatic heterocycles. The molecule has 8 heteroatoms. The van der Waals surface area contributed by atoms with E-state index in [4.69, 9.17) is 21.1 Å². The summed E-state index contributed by atoms with van der Waals surface area (Å²) in [5.74, 6) is 1.46.